The summed E-state index contributed by atoms with van der Waals surface area (Å²) in [6.45, 7) is 3.43. The predicted octanol–water partition coefficient (Wildman–Crippen LogP) is 4.35. The fourth-order valence-corrected chi connectivity index (χ4v) is 4.77. The van der Waals surface area contributed by atoms with Crippen LogP contribution in [0.5, 0.6) is 0 Å². The van der Waals surface area contributed by atoms with Crippen molar-refractivity contribution in [3.8, 4) is 0 Å². The van der Waals surface area contributed by atoms with E-state index in [-0.39, 0.29) is 12.5 Å². The monoisotopic (exact) mass is 492 g/mol. The van der Waals surface area contributed by atoms with E-state index in [1.807, 2.05) is 14.1 Å². The molecule has 0 aliphatic heterocycles. The number of aliphatic hydroxyl groups excluding tert-OH is 1. The van der Waals surface area contributed by atoms with Gasteiger partial charge < -0.3 is 19.5 Å². The van der Waals surface area contributed by atoms with E-state index in [9.17, 15) is 22.9 Å². The molecule has 8 heteroatoms. The van der Waals surface area contributed by atoms with E-state index in [4.69, 9.17) is 0 Å². The second-order valence-electron chi connectivity index (χ2n) is 10.3. The van der Waals surface area contributed by atoms with E-state index < -0.39 is 22.0 Å². The molecule has 0 fully saturated rings. The molecule has 0 heterocycles. The Kier molecular flexibility index (Phi) is 19.2. The van der Waals surface area contributed by atoms with Gasteiger partial charge >= 0.3 is 0 Å². The van der Waals surface area contributed by atoms with Gasteiger partial charge in [0.1, 0.15) is 12.6 Å². The van der Waals surface area contributed by atoms with Gasteiger partial charge in [-0.15, -0.1) is 0 Å². The van der Waals surface area contributed by atoms with Crippen molar-refractivity contribution in [1.29, 1.82) is 0 Å². The third-order valence-electron chi connectivity index (χ3n) is 6.15. The Bertz CT molecular complexity index is 581. The third-order valence-corrected chi connectivity index (χ3v) is 6.94. The first-order valence-electron chi connectivity index (χ1n) is 13.3. The van der Waals surface area contributed by atoms with Gasteiger partial charge in [-0.3, -0.25) is 4.79 Å². The van der Waals surface area contributed by atoms with Crippen molar-refractivity contribution >= 4 is 16.0 Å². The zero-order valence-electron chi connectivity index (χ0n) is 21.7. The summed E-state index contributed by atoms with van der Waals surface area (Å²) < 4.78 is 32.5. The van der Waals surface area contributed by atoms with Crippen LogP contribution in [0.1, 0.15) is 110 Å². The van der Waals surface area contributed by atoms with E-state index in [0.29, 0.717) is 24.0 Å². The summed E-state index contributed by atoms with van der Waals surface area (Å²) >= 11 is 0. The average Bonchev–Trinajstić information content (AvgIpc) is 2.68. The highest BCUT2D eigenvalue weighted by Crippen LogP contribution is 2.13. The number of nitrogens with zero attached hydrogens (tertiary/aromatic N) is 1. The number of carbonyl (C=O) groups excluding carboxylic acids is 1. The highest BCUT2D eigenvalue weighted by Gasteiger charge is 2.22. The topological polar surface area (TPSA) is 107 Å². The molecule has 0 aromatic carbocycles. The third kappa shape index (κ3) is 24.2. The number of hydrogen-bond donors (Lipinski definition) is 2. The molecule has 7 nitrogen and oxygen atoms in total. The SMILES string of the molecule is CCCCCCCCCCCCCCCCCC(=O)NCC[N+](C)(C)CC(O)CS(=O)(=O)[O-]. The quantitative estimate of drug-likeness (QED) is 0.125. The van der Waals surface area contributed by atoms with Gasteiger partial charge in [0, 0.05) is 6.42 Å². The molecule has 1 atom stereocenters. The maximum atomic E-state index is 12.0. The van der Waals surface area contributed by atoms with Gasteiger partial charge in [0.25, 0.3) is 0 Å². The smallest absolute Gasteiger partial charge is 0.220 e. The molecule has 1 amide bonds. The Morgan fingerprint density at radius 3 is 1.70 bits per heavy atom. The lowest BCUT2D eigenvalue weighted by Gasteiger charge is -2.32. The van der Waals surface area contributed by atoms with Gasteiger partial charge in [0.05, 0.1) is 43.1 Å². The fourth-order valence-electron chi connectivity index (χ4n) is 4.19. The van der Waals surface area contributed by atoms with Crippen molar-refractivity contribution in [1.82, 2.24) is 5.32 Å². The van der Waals surface area contributed by atoms with Crippen molar-refractivity contribution in [2.24, 2.45) is 0 Å². The maximum absolute atomic E-state index is 12.0. The second-order valence-corrected chi connectivity index (χ2v) is 11.7. The van der Waals surface area contributed by atoms with E-state index in [2.05, 4.69) is 12.2 Å². The standard InChI is InChI=1S/C25H52N2O5S/c1-4-5-6-7-8-9-10-11-12-13-14-15-16-17-18-19-25(29)26-20-21-27(2,3)22-24(28)23-33(30,31)32/h24,28H,4-23H2,1-3H3,(H-,26,29,30,31,32). The van der Waals surface area contributed by atoms with E-state index >= 15 is 0 Å². The molecule has 0 rings (SSSR count). The first-order chi connectivity index (χ1) is 15.6. The molecule has 1 unspecified atom stereocenters. The Hall–Kier alpha value is -0.700. The van der Waals surface area contributed by atoms with Crippen molar-refractivity contribution in [2.45, 2.75) is 116 Å². The molecule has 0 bridgehead atoms. The normalized spacial score (nSPS) is 13.2. The van der Waals surface area contributed by atoms with Gasteiger partial charge in [0.2, 0.25) is 5.91 Å². The largest absolute Gasteiger partial charge is 0.748 e. The fraction of sp³-hybridized carbons (Fsp3) is 0.960. The van der Waals surface area contributed by atoms with E-state index in [1.54, 1.807) is 0 Å². The first kappa shape index (κ1) is 32.3. The molecule has 0 saturated heterocycles. The molecular weight excluding hydrogens is 440 g/mol. The molecule has 0 aromatic heterocycles. The van der Waals surface area contributed by atoms with Crippen LogP contribution in [0, 0.1) is 0 Å². The molecule has 2 N–H and O–H groups in total. The number of hydrogen-bond acceptors (Lipinski definition) is 5. The van der Waals surface area contributed by atoms with Gasteiger partial charge in [-0.25, -0.2) is 8.42 Å². The number of carbonyl (C=O) groups is 1. The summed E-state index contributed by atoms with van der Waals surface area (Å²) in [4.78, 5) is 12.0. The lowest BCUT2D eigenvalue weighted by molar-refractivity contribution is -0.891. The number of quaternary nitrogens is 1. The van der Waals surface area contributed by atoms with Gasteiger partial charge in [-0.1, -0.05) is 96.8 Å². The first-order valence-corrected chi connectivity index (χ1v) is 14.8. The van der Waals surface area contributed by atoms with E-state index in [1.165, 1.54) is 83.5 Å². The summed E-state index contributed by atoms with van der Waals surface area (Å²) in [5, 5.41) is 12.6. The number of likely N-dealkylation sites (N-methyl/N-ethyl adjacent to an activating group) is 1. The number of unbranched alkanes of at least 4 members (excludes halogenated alkanes) is 14. The van der Waals surface area contributed by atoms with Gasteiger partial charge in [-0.05, 0) is 6.42 Å². The van der Waals surface area contributed by atoms with Gasteiger partial charge in [0.15, 0.2) is 0 Å². The minimum absolute atomic E-state index is 0.0346. The zero-order valence-corrected chi connectivity index (χ0v) is 22.5. The molecule has 0 aromatic rings. The number of amides is 1. The van der Waals surface area contributed by atoms with Crippen molar-refractivity contribution in [3.63, 3.8) is 0 Å². The maximum Gasteiger partial charge on any atom is 0.220 e. The Balaban J connectivity index is 3.52. The van der Waals surface area contributed by atoms with Crippen LogP contribution < -0.4 is 5.32 Å². The van der Waals surface area contributed by atoms with Crippen molar-refractivity contribution in [3.05, 3.63) is 0 Å². The van der Waals surface area contributed by atoms with Crippen LogP contribution in [0.15, 0.2) is 0 Å². The number of nitrogens with one attached hydrogen (secondary N) is 1. The number of rotatable bonds is 23. The van der Waals surface area contributed by atoms with Gasteiger partial charge in [-0.2, -0.15) is 0 Å². The highest BCUT2D eigenvalue weighted by molar-refractivity contribution is 7.85. The lowest BCUT2D eigenvalue weighted by atomic mass is 10.0. The van der Waals surface area contributed by atoms with Crippen LogP contribution in [-0.4, -0.2) is 74.1 Å². The predicted molar refractivity (Wildman–Crippen MR) is 135 cm³/mol. The van der Waals surface area contributed by atoms with Crippen LogP contribution >= 0.6 is 0 Å². The van der Waals surface area contributed by atoms with Crippen LogP contribution in [-0.2, 0) is 14.9 Å². The summed E-state index contributed by atoms with van der Waals surface area (Å²) in [7, 11) is -0.769. The molecule has 0 radical (unpaired) electrons. The van der Waals surface area contributed by atoms with Crippen LogP contribution in [0.25, 0.3) is 0 Å². The van der Waals surface area contributed by atoms with Crippen LogP contribution in [0.2, 0.25) is 0 Å². The molecule has 0 aliphatic carbocycles. The minimum atomic E-state index is -4.44. The summed E-state index contributed by atoms with van der Waals surface area (Å²) in [5.74, 6) is -0.743. The average molecular weight is 493 g/mol. The zero-order chi connectivity index (χ0) is 25.0. The Morgan fingerprint density at radius 2 is 1.27 bits per heavy atom. The molecule has 0 aliphatic rings. The number of aliphatic hydroxyl groups is 1. The summed E-state index contributed by atoms with van der Waals surface area (Å²) in [5.41, 5.74) is 0. The Labute approximate surface area is 204 Å². The molecular formula is C25H52N2O5S. The lowest BCUT2D eigenvalue weighted by Crippen LogP contribution is -2.50. The minimum Gasteiger partial charge on any atom is -0.748 e. The summed E-state index contributed by atoms with van der Waals surface area (Å²) in [6, 6.07) is 0. The van der Waals surface area contributed by atoms with Crippen molar-refractivity contribution < 1.29 is 27.4 Å². The van der Waals surface area contributed by atoms with Crippen molar-refractivity contribution in [2.75, 3.05) is 39.5 Å². The highest BCUT2D eigenvalue weighted by atomic mass is 32.2. The molecule has 0 saturated carbocycles. The van der Waals surface area contributed by atoms with E-state index in [0.717, 1.165) is 12.8 Å². The summed E-state index contributed by atoms with van der Waals surface area (Å²) in [6.07, 6.45) is 18.8. The Morgan fingerprint density at radius 1 is 0.848 bits per heavy atom. The molecule has 0 spiro atoms. The van der Waals surface area contributed by atoms with Crippen LogP contribution in [0.4, 0.5) is 0 Å². The molecule has 198 valence electrons. The molecule has 33 heavy (non-hydrogen) atoms. The van der Waals surface area contributed by atoms with Crippen LogP contribution in [0.3, 0.4) is 0 Å². The second kappa shape index (κ2) is 19.6.